The molecule has 0 aromatic carbocycles. The maximum Gasteiger partial charge on any atom is 0.161 e. The number of aromatic nitrogens is 1. The number of rotatable bonds is 1. The summed E-state index contributed by atoms with van der Waals surface area (Å²) in [5.74, 6) is 0.126. The van der Waals surface area contributed by atoms with Crippen LogP contribution in [0.2, 0.25) is 0 Å². The van der Waals surface area contributed by atoms with Gasteiger partial charge in [0.2, 0.25) is 0 Å². The van der Waals surface area contributed by atoms with Crippen LogP contribution in [0.3, 0.4) is 0 Å². The Morgan fingerprint density at radius 1 is 1.42 bits per heavy atom. The van der Waals surface area contributed by atoms with E-state index < -0.39 is 0 Å². The van der Waals surface area contributed by atoms with Crippen LogP contribution >= 0.6 is 0 Å². The highest BCUT2D eigenvalue weighted by Crippen LogP contribution is 2.24. The average Bonchev–Trinajstić information content (AvgIpc) is 2.30. The Labute approximate surface area is 73.0 Å². The molecule has 0 saturated carbocycles. The molecule has 0 aliphatic heterocycles. The Morgan fingerprint density at radius 2 is 2.00 bits per heavy atom. The highest BCUT2D eigenvalue weighted by atomic mass is 16.1. The molecule has 1 aromatic heterocycles. The summed E-state index contributed by atoms with van der Waals surface area (Å²) < 4.78 is 0. The molecule has 0 unspecified atom stereocenters. The van der Waals surface area contributed by atoms with Crippen molar-refractivity contribution in [1.29, 1.82) is 0 Å². The van der Waals surface area contributed by atoms with E-state index in [-0.39, 0.29) is 11.2 Å². The largest absolute Gasteiger partial charge is 0.364 e. The predicted octanol–water partition coefficient (Wildman–Crippen LogP) is 2.51. The highest BCUT2D eigenvalue weighted by Gasteiger charge is 2.20. The van der Waals surface area contributed by atoms with Crippen molar-refractivity contribution in [2.75, 3.05) is 0 Å². The van der Waals surface area contributed by atoms with Crippen molar-refractivity contribution < 1.29 is 4.79 Å². The van der Waals surface area contributed by atoms with E-state index in [1.165, 1.54) is 0 Å². The zero-order valence-corrected chi connectivity index (χ0v) is 8.06. The summed E-state index contributed by atoms with van der Waals surface area (Å²) in [7, 11) is 0. The molecule has 0 amide bonds. The first-order valence-electron chi connectivity index (χ1n) is 4.11. The number of carbonyl (C=O) groups is 1. The predicted molar refractivity (Wildman–Crippen MR) is 49.5 cm³/mol. The quantitative estimate of drug-likeness (QED) is 0.637. The fourth-order valence-corrected chi connectivity index (χ4v) is 1.28. The molecule has 1 aromatic rings. The second kappa shape index (κ2) is 2.77. The van der Waals surface area contributed by atoms with Crippen LogP contribution in [-0.4, -0.2) is 10.8 Å². The number of aromatic amines is 1. The number of hydrogen-bond acceptors (Lipinski definition) is 1. The first-order chi connectivity index (χ1) is 5.43. The van der Waals surface area contributed by atoms with Gasteiger partial charge in [-0.3, -0.25) is 4.79 Å². The van der Waals surface area contributed by atoms with Crippen LogP contribution in [0.1, 0.15) is 43.7 Å². The lowest BCUT2D eigenvalue weighted by molar-refractivity contribution is 0.101. The summed E-state index contributed by atoms with van der Waals surface area (Å²) in [6.07, 6.45) is 1.82. The molecule has 1 rings (SSSR count). The third-order valence-electron chi connectivity index (χ3n) is 1.88. The molecule has 0 saturated heterocycles. The smallest absolute Gasteiger partial charge is 0.161 e. The third kappa shape index (κ3) is 1.58. The van der Waals surface area contributed by atoms with Crippen LogP contribution in [-0.2, 0) is 5.41 Å². The van der Waals surface area contributed by atoms with Gasteiger partial charge >= 0.3 is 0 Å². The molecule has 2 heteroatoms. The molecule has 12 heavy (non-hydrogen) atoms. The first-order valence-corrected chi connectivity index (χ1v) is 4.11. The Bertz CT molecular complexity index is 291. The van der Waals surface area contributed by atoms with E-state index in [2.05, 4.69) is 25.8 Å². The molecule has 0 aliphatic rings. The lowest BCUT2D eigenvalue weighted by Crippen LogP contribution is -2.15. The summed E-state index contributed by atoms with van der Waals surface area (Å²) in [5, 5.41) is 0. The van der Waals surface area contributed by atoms with Crippen molar-refractivity contribution in [3.05, 3.63) is 23.5 Å². The lowest BCUT2D eigenvalue weighted by atomic mass is 9.89. The van der Waals surface area contributed by atoms with Crippen LogP contribution in [0, 0.1) is 0 Å². The Kier molecular flexibility index (Phi) is 2.09. The van der Waals surface area contributed by atoms with E-state index in [1.807, 2.05) is 12.3 Å². The maximum absolute atomic E-state index is 11.2. The monoisotopic (exact) mass is 165 g/mol. The van der Waals surface area contributed by atoms with Crippen LogP contribution in [0.4, 0.5) is 0 Å². The van der Waals surface area contributed by atoms with Gasteiger partial charge in [0, 0.05) is 22.9 Å². The maximum atomic E-state index is 11.2. The van der Waals surface area contributed by atoms with Crippen LogP contribution in [0.25, 0.3) is 0 Å². The van der Waals surface area contributed by atoms with Crippen molar-refractivity contribution >= 4 is 5.78 Å². The standard InChI is InChI=1S/C10H15NO/c1-7(12)8-5-6-11-9(8)10(2,3)4/h5-6,11H,1-4H3. The average molecular weight is 165 g/mol. The van der Waals surface area contributed by atoms with Crippen molar-refractivity contribution in [3.8, 4) is 0 Å². The summed E-state index contributed by atoms with van der Waals surface area (Å²) in [4.78, 5) is 14.3. The van der Waals surface area contributed by atoms with Crippen molar-refractivity contribution in [2.45, 2.75) is 33.1 Å². The number of carbonyl (C=O) groups excluding carboxylic acids is 1. The molecule has 1 N–H and O–H groups in total. The van der Waals surface area contributed by atoms with E-state index in [4.69, 9.17) is 0 Å². The third-order valence-corrected chi connectivity index (χ3v) is 1.88. The second-order valence-electron chi connectivity index (χ2n) is 4.07. The number of hydrogen-bond donors (Lipinski definition) is 1. The Balaban J connectivity index is 3.17. The molecule has 2 nitrogen and oxygen atoms in total. The second-order valence-corrected chi connectivity index (χ2v) is 4.07. The van der Waals surface area contributed by atoms with Gasteiger partial charge in [0.05, 0.1) is 0 Å². The van der Waals surface area contributed by atoms with Gasteiger partial charge in [-0.25, -0.2) is 0 Å². The fourth-order valence-electron chi connectivity index (χ4n) is 1.28. The molecule has 1 heterocycles. The lowest BCUT2D eigenvalue weighted by Gasteiger charge is -2.18. The van der Waals surface area contributed by atoms with Crippen LogP contribution < -0.4 is 0 Å². The summed E-state index contributed by atoms with van der Waals surface area (Å²) in [6.45, 7) is 7.86. The molecule has 0 aliphatic carbocycles. The van der Waals surface area contributed by atoms with Gasteiger partial charge in [-0.2, -0.15) is 0 Å². The SMILES string of the molecule is CC(=O)c1cc[nH]c1C(C)(C)C. The minimum absolute atomic E-state index is 0.0184. The topological polar surface area (TPSA) is 32.9 Å². The van der Waals surface area contributed by atoms with E-state index in [0.717, 1.165) is 11.3 Å². The Morgan fingerprint density at radius 3 is 2.33 bits per heavy atom. The van der Waals surface area contributed by atoms with Crippen molar-refractivity contribution in [1.82, 2.24) is 4.98 Å². The molecule has 0 atom stereocenters. The molecule has 0 fully saturated rings. The van der Waals surface area contributed by atoms with Gasteiger partial charge in [0.15, 0.2) is 5.78 Å². The number of H-pyrrole nitrogens is 1. The summed E-state index contributed by atoms with van der Waals surface area (Å²) in [5.41, 5.74) is 1.85. The van der Waals surface area contributed by atoms with E-state index >= 15 is 0 Å². The first kappa shape index (κ1) is 9.04. The molecule has 0 spiro atoms. The minimum Gasteiger partial charge on any atom is -0.364 e. The number of nitrogens with one attached hydrogen (secondary N) is 1. The molecule has 0 bridgehead atoms. The van der Waals surface area contributed by atoms with E-state index in [0.29, 0.717) is 0 Å². The van der Waals surface area contributed by atoms with Gasteiger partial charge in [-0.15, -0.1) is 0 Å². The van der Waals surface area contributed by atoms with Crippen LogP contribution in [0.5, 0.6) is 0 Å². The molecule has 66 valence electrons. The molecule has 0 radical (unpaired) electrons. The van der Waals surface area contributed by atoms with Gasteiger partial charge in [0.1, 0.15) is 0 Å². The van der Waals surface area contributed by atoms with Gasteiger partial charge in [-0.1, -0.05) is 20.8 Å². The van der Waals surface area contributed by atoms with Gasteiger partial charge in [-0.05, 0) is 13.0 Å². The van der Waals surface area contributed by atoms with E-state index in [1.54, 1.807) is 6.92 Å². The van der Waals surface area contributed by atoms with Crippen molar-refractivity contribution in [3.63, 3.8) is 0 Å². The fraction of sp³-hybridized carbons (Fsp3) is 0.500. The highest BCUT2D eigenvalue weighted by molar-refractivity contribution is 5.95. The van der Waals surface area contributed by atoms with Crippen LogP contribution in [0.15, 0.2) is 12.3 Å². The number of ketones is 1. The van der Waals surface area contributed by atoms with Gasteiger partial charge < -0.3 is 4.98 Å². The number of Topliss-reactive ketones (excluding diaryl/α,β-unsaturated/α-hetero) is 1. The van der Waals surface area contributed by atoms with Gasteiger partial charge in [0.25, 0.3) is 0 Å². The summed E-state index contributed by atoms with van der Waals surface area (Å²) >= 11 is 0. The normalized spacial score (nSPS) is 11.7. The molecular formula is C10H15NO. The minimum atomic E-state index is 0.0184. The van der Waals surface area contributed by atoms with E-state index in [9.17, 15) is 4.79 Å². The zero-order chi connectivity index (χ0) is 9.35. The zero-order valence-electron chi connectivity index (χ0n) is 8.06. The van der Waals surface area contributed by atoms with Crippen molar-refractivity contribution in [2.24, 2.45) is 0 Å². The molecular weight excluding hydrogens is 150 g/mol. The summed E-state index contributed by atoms with van der Waals surface area (Å²) in [6, 6.07) is 1.84. The Hall–Kier alpha value is -1.05.